The molecule has 0 spiro atoms. The molecule has 0 aliphatic carbocycles. The molecule has 4 atom stereocenters. The third kappa shape index (κ3) is 4.17. The van der Waals surface area contributed by atoms with Crippen molar-refractivity contribution in [1.82, 2.24) is 4.98 Å². The van der Waals surface area contributed by atoms with E-state index in [2.05, 4.69) is 16.9 Å². The van der Waals surface area contributed by atoms with E-state index >= 15 is 0 Å². The molecule has 3 rings (SSSR count). The second-order valence-electron chi connectivity index (χ2n) is 7.72. The van der Waals surface area contributed by atoms with Crippen LogP contribution in [0.15, 0.2) is 31.0 Å². The predicted molar refractivity (Wildman–Crippen MR) is 107 cm³/mol. The molecule has 1 N–H and O–H groups in total. The molecule has 0 bridgehead atoms. The molecule has 33 heavy (non-hydrogen) atoms. The van der Waals surface area contributed by atoms with Crippen molar-refractivity contribution in [1.29, 1.82) is 0 Å². The Hall–Kier alpha value is -3.08. The number of pyridine rings is 1. The maximum atomic E-state index is 14.4. The number of rotatable bonds is 5. The van der Waals surface area contributed by atoms with Crippen LogP contribution in [0.5, 0.6) is 5.75 Å². The molecule has 1 amide bonds. The summed E-state index contributed by atoms with van der Waals surface area (Å²) in [5.41, 5.74) is -3.18. The fourth-order valence-electron chi connectivity index (χ4n) is 3.91. The van der Waals surface area contributed by atoms with Gasteiger partial charge in [0.2, 0.25) is 5.82 Å². The molecule has 2 aromatic rings. The van der Waals surface area contributed by atoms with Gasteiger partial charge in [0.15, 0.2) is 23.0 Å². The normalized spacial score (nSPS) is 25.1. The summed E-state index contributed by atoms with van der Waals surface area (Å²) in [6.45, 7) is 5.41. The minimum Gasteiger partial charge on any atom is -0.493 e. The number of ether oxygens (including phenoxy) is 2. The van der Waals surface area contributed by atoms with Gasteiger partial charge in [0, 0.05) is 17.4 Å². The topological polar surface area (TPSA) is 60.5 Å². The third-order valence-electron chi connectivity index (χ3n) is 5.91. The Kier molecular flexibility index (Phi) is 6.47. The molecule has 2 heterocycles. The van der Waals surface area contributed by atoms with Crippen molar-refractivity contribution in [2.75, 3.05) is 12.4 Å². The molecular weight excluding hydrogens is 454 g/mol. The van der Waals surface area contributed by atoms with Crippen LogP contribution in [0.4, 0.5) is 32.0 Å². The summed E-state index contributed by atoms with van der Waals surface area (Å²) in [7, 11) is 1.02. The zero-order chi connectivity index (χ0) is 24.7. The molecule has 1 aliphatic rings. The van der Waals surface area contributed by atoms with Gasteiger partial charge in [-0.05, 0) is 25.1 Å². The Morgan fingerprint density at radius 2 is 1.94 bits per heavy atom. The summed E-state index contributed by atoms with van der Waals surface area (Å²) in [6.07, 6.45) is -4.67. The number of nitrogens with zero attached hydrogens (tertiary/aromatic N) is 1. The van der Waals surface area contributed by atoms with Gasteiger partial charge in [-0.25, -0.2) is 8.78 Å². The average molecular weight is 474 g/mol. The molecule has 1 fully saturated rings. The van der Waals surface area contributed by atoms with E-state index in [1.807, 2.05) is 0 Å². The number of alkyl halides is 3. The fraction of sp³-hybridized carbons (Fsp3) is 0.364. The van der Waals surface area contributed by atoms with Crippen LogP contribution in [0.3, 0.4) is 0 Å². The predicted octanol–water partition coefficient (Wildman–Crippen LogP) is 5.23. The number of aromatic nitrogens is 1. The zero-order valence-electron chi connectivity index (χ0n) is 17.8. The highest BCUT2D eigenvalue weighted by Crippen LogP contribution is 2.55. The van der Waals surface area contributed by atoms with Crippen molar-refractivity contribution in [3.63, 3.8) is 0 Å². The van der Waals surface area contributed by atoms with Crippen LogP contribution in [-0.2, 0) is 9.53 Å². The van der Waals surface area contributed by atoms with Gasteiger partial charge in [0.05, 0.1) is 24.7 Å². The number of halogens is 6. The van der Waals surface area contributed by atoms with Crippen LogP contribution < -0.4 is 10.1 Å². The van der Waals surface area contributed by atoms with Crippen LogP contribution in [0.2, 0.25) is 0 Å². The lowest BCUT2D eigenvalue weighted by molar-refractivity contribution is -0.272. The number of amides is 1. The van der Waals surface area contributed by atoms with Crippen molar-refractivity contribution in [2.45, 2.75) is 37.6 Å². The van der Waals surface area contributed by atoms with E-state index in [0.29, 0.717) is 0 Å². The van der Waals surface area contributed by atoms with Crippen molar-refractivity contribution >= 4 is 17.7 Å². The summed E-state index contributed by atoms with van der Waals surface area (Å²) in [6, 6.07) is 2.89. The maximum Gasteiger partial charge on any atom is 0.417 e. The molecule has 1 saturated heterocycles. The number of nitrogens with one attached hydrogen (secondary N) is 1. The van der Waals surface area contributed by atoms with Gasteiger partial charge in [0.25, 0.3) is 5.91 Å². The first-order chi connectivity index (χ1) is 15.4. The van der Waals surface area contributed by atoms with E-state index < -0.39 is 58.8 Å². The van der Waals surface area contributed by atoms with Gasteiger partial charge < -0.3 is 14.8 Å². The molecule has 1 aromatic carbocycles. The second kappa shape index (κ2) is 8.69. The number of carbonyl (C=O) groups is 1. The van der Waals surface area contributed by atoms with Crippen molar-refractivity contribution in [2.24, 2.45) is 5.92 Å². The van der Waals surface area contributed by atoms with E-state index in [9.17, 15) is 31.1 Å². The summed E-state index contributed by atoms with van der Waals surface area (Å²) in [5.74, 6) is -8.25. The first kappa shape index (κ1) is 24.6. The van der Waals surface area contributed by atoms with Crippen LogP contribution >= 0.6 is 0 Å². The van der Waals surface area contributed by atoms with Gasteiger partial charge in [-0.2, -0.15) is 17.6 Å². The van der Waals surface area contributed by atoms with Gasteiger partial charge >= 0.3 is 6.18 Å². The molecule has 0 saturated carbocycles. The van der Waals surface area contributed by atoms with Crippen molar-refractivity contribution in [3.8, 4) is 5.75 Å². The lowest BCUT2D eigenvalue weighted by atomic mass is 9.77. The highest BCUT2D eigenvalue weighted by atomic mass is 19.4. The monoisotopic (exact) mass is 474 g/mol. The van der Waals surface area contributed by atoms with Crippen LogP contribution in [0.1, 0.15) is 31.0 Å². The zero-order valence-corrected chi connectivity index (χ0v) is 17.8. The number of carbonyl (C=O) groups excluding carboxylic acids is 1. The Morgan fingerprint density at radius 1 is 1.27 bits per heavy atom. The molecule has 1 aromatic heterocycles. The fourth-order valence-corrected chi connectivity index (χ4v) is 3.91. The van der Waals surface area contributed by atoms with E-state index in [1.165, 1.54) is 13.0 Å². The van der Waals surface area contributed by atoms with Gasteiger partial charge in [-0.15, -0.1) is 0 Å². The quantitative estimate of drug-likeness (QED) is 0.603. The largest absolute Gasteiger partial charge is 0.493 e. The smallest absolute Gasteiger partial charge is 0.417 e. The first-order valence-electron chi connectivity index (χ1n) is 9.71. The Morgan fingerprint density at radius 3 is 2.52 bits per heavy atom. The lowest BCUT2D eigenvalue weighted by Crippen LogP contribution is -2.47. The average Bonchev–Trinajstić information content (AvgIpc) is 3.03. The summed E-state index contributed by atoms with van der Waals surface area (Å²) >= 11 is 0. The first-order valence-corrected chi connectivity index (χ1v) is 9.71. The van der Waals surface area contributed by atoms with E-state index in [0.717, 1.165) is 38.4 Å². The van der Waals surface area contributed by atoms with Crippen LogP contribution in [0.25, 0.3) is 6.08 Å². The summed E-state index contributed by atoms with van der Waals surface area (Å²) in [5, 5.41) is 2.20. The number of methoxy groups -OCH3 is 1. The van der Waals surface area contributed by atoms with Crippen molar-refractivity contribution in [3.05, 3.63) is 59.7 Å². The SMILES string of the molecule is C=Cc1cc(NC(=O)[C@@H]2O[C@@](C)(C(F)(F)F)[C@@H](C)[C@H]2c2ccc(F)c(F)c2OC)c(F)cn1. The molecule has 11 heteroatoms. The highest BCUT2D eigenvalue weighted by Gasteiger charge is 2.65. The Labute approximate surface area is 185 Å². The highest BCUT2D eigenvalue weighted by molar-refractivity contribution is 5.95. The molecule has 0 unspecified atom stereocenters. The molecule has 0 radical (unpaired) electrons. The summed E-state index contributed by atoms with van der Waals surface area (Å²) < 4.78 is 94.2. The van der Waals surface area contributed by atoms with E-state index in [1.54, 1.807) is 0 Å². The van der Waals surface area contributed by atoms with Gasteiger partial charge in [-0.1, -0.05) is 19.6 Å². The van der Waals surface area contributed by atoms with Crippen molar-refractivity contribution < 1.29 is 40.6 Å². The number of hydrogen-bond acceptors (Lipinski definition) is 4. The van der Waals surface area contributed by atoms with Gasteiger partial charge in [-0.3, -0.25) is 9.78 Å². The lowest BCUT2D eigenvalue weighted by Gasteiger charge is -2.32. The maximum absolute atomic E-state index is 14.4. The minimum absolute atomic E-state index is 0.195. The summed E-state index contributed by atoms with van der Waals surface area (Å²) in [4.78, 5) is 16.8. The Bertz CT molecular complexity index is 1090. The minimum atomic E-state index is -4.91. The number of hydrogen-bond donors (Lipinski definition) is 1. The third-order valence-corrected chi connectivity index (χ3v) is 5.91. The molecular formula is C22H20F6N2O3. The number of anilines is 1. The standard InChI is InChI=1S/C22H20F6N2O3/c1-5-11-8-15(14(24)9-29-11)30-20(31)19-16(10(2)21(3,33-19)22(26,27)28)12-6-7-13(23)17(25)18(12)32-4/h5-10,16,19H,1H2,2-4H3,(H,29,30,31)/t10-,16-,19+,21+/m0/s1. The van der Waals surface area contributed by atoms with E-state index in [4.69, 9.17) is 9.47 Å². The van der Waals surface area contributed by atoms with Crippen LogP contribution in [0, 0.1) is 23.4 Å². The van der Waals surface area contributed by atoms with Crippen LogP contribution in [-0.4, -0.2) is 35.9 Å². The molecule has 178 valence electrons. The molecule has 5 nitrogen and oxygen atoms in total. The van der Waals surface area contributed by atoms with Gasteiger partial charge in [0.1, 0.15) is 6.10 Å². The number of benzene rings is 1. The molecule has 1 aliphatic heterocycles. The van der Waals surface area contributed by atoms with E-state index in [-0.39, 0.29) is 16.9 Å². The second-order valence-corrected chi connectivity index (χ2v) is 7.72. The Balaban J connectivity index is 2.11.